The van der Waals surface area contributed by atoms with Crippen LogP contribution in [0.3, 0.4) is 0 Å². The summed E-state index contributed by atoms with van der Waals surface area (Å²) in [5, 5.41) is 0. The summed E-state index contributed by atoms with van der Waals surface area (Å²) in [5.74, 6) is 1.15. The molecule has 1 atom stereocenters. The summed E-state index contributed by atoms with van der Waals surface area (Å²) in [4.78, 5) is 27.2. The lowest BCUT2D eigenvalue weighted by atomic mass is 9.97. The number of likely N-dealkylation sites (tertiary alicyclic amines) is 1. The van der Waals surface area contributed by atoms with Crippen LogP contribution in [0.4, 0.5) is 0 Å². The van der Waals surface area contributed by atoms with E-state index < -0.39 is 0 Å². The molecule has 1 aliphatic heterocycles. The maximum Gasteiger partial charge on any atom is 0.270 e. The van der Waals surface area contributed by atoms with Crippen LogP contribution < -0.4 is 5.56 Å². The highest BCUT2D eigenvalue weighted by atomic mass is 16.5. The second-order valence-electron chi connectivity index (χ2n) is 6.37. The van der Waals surface area contributed by atoms with Gasteiger partial charge in [0.2, 0.25) is 0 Å². The number of hydrogen-bond acceptors (Lipinski definition) is 4. The molecule has 1 amide bonds. The van der Waals surface area contributed by atoms with E-state index in [1.54, 1.807) is 32.5 Å². The first-order valence-electron chi connectivity index (χ1n) is 8.83. The van der Waals surface area contributed by atoms with Crippen molar-refractivity contribution in [3.8, 4) is 0 Å². The van der Waals surface area contributed by atoms with Gasteiger partial charge in [0.1, 0.15) is 5.70 Å². The third kappa shape index (κ3) is 3.74. The number of allylic oxidation sites excluding steroid dienone is 3. The molecule has 0 saturated carbocycles. The normalized spacial score (nSPS) is 20.5. The van der Waals surface area contributed by atoms with Gasteiger partial charge in [-0.2, -0.15) is 0 Å². The summed E-state index contributed by atoms with van der Waals surface area (Å²) in [6.07, 6.45) is 10.0. The fourth-order valence-electron chi connectivity index (χ4n) is 3.32. The number of aromatic nitrogens is 1. The van der Waals surface area contributed by atoms with Crippen molar-refractivity contribution in [3.05, 3.63) is 64.5 Å². The van der Waals surface area contributed by atoms with Gasteiger partial charge in [-0.05, 0) is 43.6 Å². The lowest BCUT2D eigenvalue weighted by Crippen LogP contribution is -2.33. The molecule has 26 heavy (non-hydrogen) atoms. The molecule has 0 radical (unpaired) electrons. The van der Waals surface area contributed by atoms with Crippen LogP contribution in [0.1, 0.15) is 19.3 Å². The van der Waals surface area contributed by atoms with Crippen LogP contribution in [-0.4, -0.2) is 42.7 Å². The maximum absolute atomic E-state index is 13.0. The Morgan fingerprint density at radius 1 is 1.15 bits per heavy atom. The van der Waals surface area contributed by atoms with E-state index in [1.165, 1.54) is 10.6 Å². The summed E-state index contributed by atoms with van der Waals surface area (Å²) in [6.45, 7) is 1.46. The third-order valence-corrected chi connectivity index (χ3v) is 4.69. The number of nitrogens with zero attached hydrogens (tertiary/aromatic N) is 2. The summed E-state index contributed by atoms with van der Waals surface area (Å²) in [5.41, 5.74) is 0.176. The SMILES string of the molecule is COC1=CCC(/C=C(\C(=O)N2CCCC2)n2ccccc2=O)C=C1OC. The molecule has 6 nitrogen and oxygen atoms in total. The van der Waals surface area contributed by atoms with E-state index in [9.17, 15) is 9.59 Å². The highest BCUT2D eigenvalue weighted by molar-refractivity contribution is 6.13. The molecule has 2 aliphatic rings. The zero-order chi connectivity index (χ0) is 18.5. The van der Waals surface area contributed by atoms with Crippen LogP contribution in [0.15, 0.2) is 58.9 Å². The van der Waals surface area contributed by atoms with Crippen molar-refractivity contribution in [2.75, 3.05) is 27.3 Å². The second kappa shape index (κ2) is 8.08. The summed E-state index contributed by atoms with van der Waals surface area (Å²) >= 11 is 0. The number of pyridine rings is 1. The van der Waals surface area contributed by atoms with Crippen LogP contribution >= 0.6 is 0 Å². The molecular formula is C20H24N2O4. The van der Waals surface area contributed by atoms with Gasteiger partial charge in [0, 0.05) is 31.3 Å². The summed E-state index contributed by atoms with van der Waals surface area (Å²) in [6, 6.07) is 4.89. The topological polar surface area (TPSA) is 60.8 Å². The quantitative estimate of drug-likeness (QED) is 0.760. The van der Waals surface area contributed by atoms with Gasteiger partial charge in [-0.25, -0.2) is 0 Å². The Labute approximate surface area is 153 Å². The standard InChI is InChI=1S/C20H24N2O4/c1-25-17-9-8-15(14-18(17)26-2)13-16(20(24)21-10-5-6-11-21)22-12-4-3-7-19(22)23/h3-4,7,9,12-15H,5-6,8,10-11H2,1-2H3/b16-13+. The zero-order valence-corrected chi connectivity index (χ0v) is 15.2. The van der Waals surface area contributed by atoms with Gasteiger partial charge >= 0.3 is 0 Å². The van der Waals surface area contributed by atoms with Crippen LogP contribution in [0.2, 0.25) is 0 Å². The fraction of sp³-hybridized carbons (Fsp3) is 0.400. The molecule has 1 unspecified atom stereocenters. The van der Waals surface area contributed by atoms with Gasteiger partial charge in [0.05, 0.1) is 14.2 Å². The monoisotopic (exact) mass is 356 g/mol. The van der Waals surface area contributed by atoms with E-state index in [0.717, 1.165) is 25.9 Å². The number of ether oxygens (including phenoxy) is 2. The molecule has 0 N–H and O–H groups in total. The minimum Gasteiger partial charge on any atom is -0.493 e. The van der Waals surface area contributed by atoms with Gasteiger partial charge in [-0.1, -0.05) is 6.07 Å². The van der Waals surface area contributed by atoms with Crippen LogP contribution in [0.25, 0.3) is 5.70 Å². The molecule has 1 aromatic heterocycles. The highest BCUT2D eigenvalue weighted by Crippen LogP contribution is 2.27. The minimum atomic E-state index is -0.217. The van der Waals surface area contributed by atoms with Crippen LogP contribution in [-0.2, 0) is 14.3 Å². The molecule has 0 aromatic carbocycles. The molecule has 1 aromatic rings. The fourth-order valence-corrected chi connectivity index (χ4v) is 3.32. The Bertz CT molecular complexity index is 813. The molecule has 0 bridgehead atoms. The van der Waals surface area contributed by atoms with Gasteiger partial charge in [0.15, 0.2) is 11.5 Å². The smallest absolute Gasteiger partial charge is 0.270 e. The van der Waals surface area contributed by atoms with E-state index in [4.69, 9.17) is 9.47 Å². The Balaban J connectivity index is 1.98. The predicted molar refractivity (Wildman–Crippen MR) is 99.1 cm³/mol. The molecule has 2 heterocycles. The lowest BCUT2D eigenvalue weighted by Gasteiger charge is -2.22. The first-order valence-corrected chi connectivity index (χ1v) is 8.83. The van der Waals surface area contributed by atoms with E-state index in [1.807, 2.05) is 23.1 Å². The molecule has 3 rings (SSSR count). The average molecular weight is 356 g/mol. The Morgan fingerprint density at radius 2 is 1.88 bits per heavy atom. The number of carbonyl (C=O) groups excluding carboxylic acids is 1. The van der Waals surface area contributed by atoms with E-state index >= 15 is 0 Å². The zero-order valence-electron chi connectivity index (χ0n) is 15.2. The molecule has 138 valence electrons. The van der Waals surface area contributed by atoms with Crippen molar-refractivity contribution < 1.29 is 14.3 Å². The largest absolute Gasteiger partial charge is 0.493 e. The van der Waals surface area contributed by atoms with Crippen molar-refractivity contribution in [2.45, 2.75) is 19.3 Å². The first-order chi connectivity index (χ1) is 12.6. The first kappa shape index (κ1) is 18.0. The summed E-state index contributed by atoms with van der Waals surface area (Å²) < 4.78 is 12.1. The molecule has 0 spiro atoms. The minimum absolute atomic E-state index is 0.0579. The van der Waals surface area contributed by atoms with Crippen molar-refractivity contribution >= 4 is 11.6 Å². The molecule has 1 fully saturated rings. The van der Waals surface area contributed by atoms with Gasteiger partial charge in [-0.3, -0.25) is 14.2 Å². The van der Waals surface area contributed by atoms with Crippen LogP contribution in [0, 0.1) is 5.92 Å². The van der Waals surface area contributed by atoms with Crippen molar-refractivity contribution in [2.24, 2.45) is 5.92 Å². The van der Waals surface area contributed by atoms with Crippen molar-refractivity contribution in [1.82, 2.24) is 9.47 Å². The molecule has 6 heteroatoms. The lowest BCUT2D eigenvalue weighted by molar-refractivity contribution is -0.124. The average Bonchev–Trinajstić information content (AvgIpc) is 3.21. The Kier molecular flexibility index (Phi) is 5.61. The van der Waals surface area contributed by atoms with Gasteiger partial charge in [-0.15, -0.1) is 0 Å². The number of amides is 1. The van der Waals surface area contributed by atoms with E-state index in [2.05, 4.69) is 0 Å². The maximum atomic E-state index is 13.0. The predicted octanol–water partition coefficient (Wildman–Crippen LogP) is 2.39. The van der Waals surface area contributed by atoms with Crippen molar-refractivity contribution in [3.63, 3.8) is 0 Å². The third-order valence-electron chi connectivity index (χ3n) is 4.69. The highest BCUT2D eigenvalue weighted by Gasteiger charge is 2.25. The summed E-state index contributed by atoms with van der Waals surface area (Å²) in [7, 11) is 3.18. The molecule has 1 aliphatic carbocycles. The Morgan fingerprint density at radius 3 is 2.54 bits per heavy atom. The number of methoxy groups -OCH3 is 2. The number of hydrogen-bond donors (Lipinski definition) is 0. The molecule has 1 saturated heterocycles. The Hall–Kier alpha value is -2.76. The van der Waals surface area contributed by atoms with E-state index in [-0.39, 0.29) is 17.4 Å². The number of rotatable bonds is 5. The van der Waals surface area contributed by atoms with E-state index in [0.29, 0.717) is 23.6 Å². The van der Waals surface area contributed by atoms with Crippen molar-refractivity contribution in [1.29, 1.82) is 0 Å². The van der Waals surface area contributed by atoms with Gasteiger partial charge in [0.25, 0.3) is 11.5 Å². The molecular weight excluding hydrogens is 332 g/mol. The van der Waals surface area contributed by atoms with Gasteiger partial charge < -0.3 is 14.4 Å². The van der Waals surface area contributed by atoms with Crippen LogP contribution in [0.5, 0.6) is 0 Å². The number of carbonyl (C=O) groups is 1. The second-order valence-corrected chi connectivity index (χ2v) is 6.37.